The highest BCUT2D eigenvalue weighted by molar-refractivity contribution is 5.94. The molecule has 0 atom stereocenters. The Hall–Kier alpha value is -2.90. The summed E-state index contributed by atoms with van der Waals surface area (Å²) in [5.41, 5.74) is 1.89. The van der Waals surface area contributed by atoms with Crippen molar-refractivity contribution in [2.45, 2.75) is 25.8 Å². The van der Waals surface area contributed by atoms with Crippen molar-refractivity contribution in [2.75, 3.05) is 13.1 Å². The number of carbonyl (C=O) groups is 2. The first-order chi connectivity index (χ1) is 13.5. The lowest BCUT2D eigenvalue weighted by molar-refractivity contribution is 0.0696. The zero-order chi connectivity index (χ0) is 20.1. The largest absolute Gasteiger partial charge is 0.478 e. The molecule has 8 heteroatoms. The highest BCUT2D eigenvalue weighted by Gasteiger charge is 2.17. The van der Waals surface area contributed by atoms with E-state index in [0.717, 1.165) is 19.2 Å². The Labute approximate surface area is 174 Å². The average Bonchev–Trinajstić information content (AvgIpc) is 3.13. The summed E-state index contributed by atoms with van der Waals surface area (Å²) in [5.74, 6) is -2.24. The summed E-state index contributed by atoms with van der Waals surface area (Å²) in [4.78, 5) is 21.1. The van der Waals surface area contributed by atoms with Gasteiger partial charge in [-0.1, -0.05) is 18.2 Å². The number of benzene rings is 2. The van der Waals surface area contributed by atoms with Gasteiger partial charge in [-0.2, -0.15) is 5.10 Å². The maximum atomic E-state index is 10.5. The Balaban J connectivity index is 0.000000203. The lowest BCUT2D eigenvalue weighted by Gasteiger charge is -2.23. The molecule has 2 heterocycles. The molecule has 7 nitrogen and oxygen atoms in total. The van der Waals surface area contributed by atoms with E-state index in [2.05, 4.69) is 39.4 Å². The van der Waals surface area contributed by atoms with Crippen LogP contribution in [-0.2, 0) is 0 Å². The van der Waals surface area contributed by atoms with Crippen LogP contribution in [-0.4, -0.2) is 45.0 Å². The molecule has 3 N–H and O–H groups in total. The molecule has 0 unspecified atom stereocenters. The van der Waals surface area contributed by atoms with Gasteiger partial charge < -0.3 is 15.5 Å². The molecular weight excluding hydrogens is 394 g/mol. The minimum atomic E-state index is -1.12. The number of halogens is 1. The van der Waals surface area contributed by atoms with Gasteiger partial charge >= 0.3 is 11.9 Å². The molecule has 1 aliphatic heterocycles. The number of nitrogens with one attached hydrogen (secondary N) is 1. The average molecular weight is 418 g/mol. The fourth-order valence-corrected chi connectivity index (χ4v) is 3.36. The fraction of sp³-hybridized carbons (Fsp3) is 0.286. The lowest BCUT2D eigenvalue weighted by atomic mass is 10.1. The van der Waals surface area contributed by atoms with Gasteiger partial charge in [-0.25, -0.2) is 9.59 Å². The summed E-state index contributed by atoms with van der Waals surface area (Å²) in [5, 5.41) is 26.4. The number of carboxylic acid groups (broad SMARTS) is 2. The molecule has 3 aromatic rings. The van der Waals surface area contributed by atoms with Crippen LogP contribution >= 0.6 is 12.4 Å². The van der Waals surface area contributed by atoms with Gasteiger partial charge in [0.2, 0.25) is 0 Å². The molecule has 1 saturated heterocycles. The molecule has 0 radical (unpaired) electrons. The van der Waals surface area contributed by atoms with E-state index in [1.807, 2.05) is 6.20 Å². The molecule has 0 bridgehead atoms. The summed E-state index contributed by atoms with van der Waals surface area (Å²) in [6.45, 7) is 3.87. The van der Waals surface area contributed by atoms with Gasteiger partial charge in [0.1, 0.15) is 0 Å². The van der Waals surface area contributed by atoms with E-state index in [1.165, 1.54) is 35.9 Å². The second-order valence-corrected chi connectivity index (χ2v) is 6.83. The quantitative estimate of drug-likeness (QED) is 0.599. The number of hydrogen-bond acceptors (Lipinski definition) is 4. The van der Waals surface area contributed by atoms with Crippen molar-refractivity contribution in [3.05, 3.63) is 65.4 Å². The molecule has 1 aliphatic rings. The highest BCUT2D eigenvalue weighted by atomic mass is 35.5. The standard InChI is InChI=1S/C12H15N3.C9H8O4.ClH/c1-2-4-12-10(3-1)9-14-15(12)11-5-7-13-8-6-11;1-5-2-6(8(10)11)4-7(3-5)9(12)13;/h1-4,9,11,13H,5-8H2;2-4H,1H3,(H,10,11)(H,12,13);1H. The van der Waals surface area contributed by atoms with Gasteiger partial charge in [0, 0.05) is 5.39 Å². The minimum absolute atomic E-state index is 0. The molecule has 29 heavy (non-hydrogen) atoms. The van der Waals surface area contributed by atoms with Crippen LogP contribution < -0.4 is 5.32 Å². The van der Waals surface area contributed by atoms with E-state index in [0.29, 0.717) is 11.6 Å². The first kappa shape index (κ1) is 22.4. The number of aryl methyl sites for hydroxylation is 1. The van der Waals surface area contributed by atoms with Crippen LogP contribution in [0.1, 0.15) is 45.2 Å². The topological polar surface area (TPSA) is 104 Å². The van der Waals surface area contributed by atoms with Gasteiger partial charge in [0.05, 0.1) is 28.9 Å². The first-order valence-corrected chi connectivity index (χ1v) is 9.17. The molecule has 0 saturated carbocycles. The van der Waals surface area contributed by atoms with Crippen molar-refractivity contribution >= 4 is 35.2 Å². The Kier molecular flexibility index (Phi) is 7.75. The number of nitrogens with zero attached hydrogens (tertiary/aromatic N) is 2. The van der Waals surface area contributed by atoms with Crippen molar-refractivity contribution in [3.63, 3.8) is 0 Å². The van der Waals surface area contributed by atoms with Gasteiger partial charge in [0.15, 0.2) is 0 Å². The molecule has 154 valence electrons. The summed E-state index contributed by atoms with van der Waals surface area (Å²) >= 11 is 0. The molecule has 4 rings (SSSR count). The second kappa shape index (κ2) is 10.0. The van der Waals surface area contributed by atoms with Crippen LogP contribution in [0.25, 0.3) is 10.9 Å². The van der Waals surface area contributed by atoms with Crippen molar-refractivity contribution in [1.29, 1.82) is 0 Å². The maximum absolute atomic E-state index is 10.5. The maximum Gasteiger partial charge on any atom is 0.335 e. The third-order valence-corrected chi connectivity index (χ3v) is 4.73. The monoisotopic (exact) mass is 417 g/mol. The fourth-order valence-electron chi connectivity index (χ4n) is 3.36. The molecule has 0 aliphatic carbocycles. The first-order valence-electron chi connectivity index (χ1n) is 9.17. The number of rotatable bonds is 3. The molecular formula is C21H24ClN3O4. The van der Waals surface area contributed by atoms with Gasteiger partial charge in [0.25, 0.3) is 0 Å². The number of fused-ring (bicyclic) bond motifs is 1. The predicted molar refractivity (Wildman–Crippen MR) is 113 cm³/mol. The third-order valence-electron chi connectivity index (χ3n) is 4.73. The van der Waals surface area contributed by atoms with Gasteiger partial charge in [-0.15, -0.1) is 12.4 Å². The molecule has 1 fully saturated rings. The summed E-state index contributed by atoms with van der Waals surface area (Å²) < 4.78 is 2.19. The van der Waals surface area contributed by atoms with E-state index in [4.69, 9.17) is 10.2 Å². The Morgan fingerprint density at radius 1 is 1.03 bits per heavy atom. The Morgan fingerprint density at radius 3 is 2.21 bits per heavy atom. The molecule has 0 spiro atoms. The van der Waals surface area contributed by atoms with Crippen LogP contribution in [0.15, 0.2) is 48.7 Å². The molecule has 0 amide bonds. The molecule has 2 aromatic carbocycles. The zero-order valence-electron chi connectivity index (χ0n) is 16.0. The van der Waals surface area contributed by atoms with Crippen LogP contribution in [0, 0.1) is 6.92 Å². The second-order valence-electron chi connectivity index (χ2n) is 6.83. The number of aromatic carboxylic acids is 2. The van der Waals surface area contributed by atoms with Crippen LogP contribution in [0.4, 0.5) is 0 Å². The van der Waals surface area contributed by atoms with Crippen LogP contribution in [0.5, 0.6) is 0 Å². The Morgan fingerprint density at radius 2 is 1.62 bits per heavy atom. The predicted octanol–water partition coefficient (Wildman–Crippen LogP) is 3.77. The SMILES string of the molecule is Cc1cc(C(=O)O)cc(C(=O)O)c1.Cl.c1ccc2c(c1)cnn2C1CCNCC1. The summed E-state index contributed by atoms with van der Waals surface area (Å²) in [7, 11) is 0. The zero-order valence-corrected chi connectivity index (χ0v) is 16.9. The number of para-hydroxylation sites is 1. The van der Waals surface area contributed by atoms with E-state index >= 15 is 0 Å². The minimum Gasteiger partial charge on any atom is -0.478 e. The van der Waals surface area contributed by atoms with Crippen molar-refractivity contribution in [1.82, 2.24) is 15.1 Å². The highest BCUT2D eigenvalue weighted by Crippen LogP contribution is 2.23. The summed E-state index contributed by atoms with van der Waals surface area (Å²) in [6.07, 6.45) is 4.34. The molecule has 1 aromatic heterocycles. The van der Waals surface area contributed by atoms with Crippen molar-refractivity contribution in [2.24, 2.45) is 0 Å². The number of carboxylic acids is 2. The normalized spacial score (nSPS) is 13.8. The number of aromatic nitrogens is 2. The Bertz CT molecular complexity index is 964. The third kappa shape index (κ3) is 5.56. The van der Waals surface area contributed by atoms with Crippen molar-refractivity contribution in [3.8, 4) is 0 Å². The van der Waals surface area contributed by atoms with Crippen LogP contribution in [0.3, 0.4) is 0 Å². The lowest BCUT2D eigenvalue weighted by Crippen LogP contribution is -2.29. The van der Waals surface area contributed by atoms with Gasteiger partial charge in [-0.05, 0) is 62.7 Å². The van der Waals surface area contributed by atoms with Gasteiger partial charge in [-0.3, -0.25) is 4.68 Å². The van der Waals surface area contributed by atoms with Crippen LogP contribution in [0.2, 0.25) is 0 Å². The van der Waals surface area contributed by atoms with E-state index in [9.17, 15) is 9.59 Å². The van der Waals surface area contributed by atoms with Crippen molar-refractivity contribution < 1.29 is 19.8 Å². The summed E-state index contributed by atoms with van der Waals surface area (Å²) in [6, 6.07) is 13.0. The van der Waals surface area contributed by atoms with E-state index < -0.39 is 11.9 Å². The van der Waals surface area contributed by atoms with E-state index in [1.54, 1.807) is 6.92 Å². The van der Waals surface area contributed by atoms with E-state index in [-0.39, 0.29) is 23.5 Å². The smallest absolute Gasteiger partial charge is 0.335 e. The number of hydrogen-bond donors (Lipinski definition) is 3. The number of piperidine rings is 1.